The van der Waals surface area contributed by atoms with E-state index in [1.165, 1.54) is 91.0 Å². The number of aromatic nitrogens is 3. The Labute approximate surface area is 323 Å². The molecule has 276 valence electrons. The number of benzene rings is 6. The van der Waals surface area contributed by atoms with Gasteiger partial charge in [-0.25, -0.2) is 0 Å². The Morgan fingerprint density at radius 3 is 1.07 bits per heavy atom. The number of aromatic hydroxyl groups is 2. The van der Waals surface area contributed by atoms with Crippen LogP contribution in [-0.2, 0) is 0 Å². The molecule has 0 spiro atoms. The number of rotatable bonds is 13. The van der Waals surface area contributed by atoms with Crippen LogP contribution in [0.15, 0.2) is 121 Å². The molecule has 0 atom stereocenters. The molecule has 0 bridgehead atoms. The molecule has 0 amide bonds. The maximum Gasteiger partial charge on any atom is 0.220 e. The van der Waals surface area contributed by atoms with E-state index in [-0.39, 0.29) is 62.9 Å². The average molecular weight is 802 g/mol. The first-order chi connectivity index (χ1) is 27.4. The summed E-state index contributed by atoms with van der Waals surface area (Å²) < 4.78 is 36.8. The minimum atomic E-state index is -0.520. The number of phenolic OH excluding ortho intramolecular Hbond substituents is 2. The van der Waals surface area contributed by atoms with E-state index in [0.717, 1.165) is 25.5 Å². The van der Waals surface area contributed by atoms with Gasteiger partial charge in [-0.3, -0.25) is 19.2 Å². The highest BCUT2D eigenvalue weighted by molar-refractivity contribution is 7.43. The van der Waals surface area contributed by atoms with Crippen molar-refractivity contribution in [1.82, 2.24) is 13.5 Å². The smallest absolute Gasteiger partial charge is 0.220 e. The van der Waals surface area contributed by atoms with Gasteiger partial charge in [0.25, 0.3) is 0 Å². The van der Waals surface area contributed by atoms with Gasteiger partial charge in [0.2, 0.25) is 17.2 Å². The fraction of sp³-hybridized carbons (Fsp3) is 0. The van der Waals surface area contributed by atoms with Crippen LogP contribution in [0.5, 0.6) is 57.5 Å². The molecule has 0 aliphatic heterocycles. The molecule has 0 unspecified atom stereocenters. The van der Waals surface area contributed by atoms with Gasteiger partial charge in [0, 0.05) is 27.8 Å². The number of para-hydroxylation sites is 1. The van der Waals surface area contributed by atoms with E-state index in [2.05, 4.69) is 13.5 Å². The normalized spacial score (nSPS) is 10.6. The summed E-state index contributed by atoms with van der Waals surface area (Å²) in [5.74, 6) is -0.547. The third-order valence-corrected chi connectivity index (χ3v) is 9.58. The molecule has 0 saturated heterocycles. The van der Waals surface area contributed by atoms with Gasteiger partial charge in [0.15, 0.2) is 37.0 Å². The zero-order valence-corrected chi connectivity index (χ0v) is 31.4. The van der Waals surface area contributed by atoms with Gasteiger partial charge < -0.3 is 29.2 Å². The summed E-state index contributed by atoms with van der Waals surface area (Å²) in [6.45, 7) is 0. The summed E-state index contributed by atoms with van der Waals surface area (Å²) in [5, 5.41) is 23.2. The topological polar surface area (TPSA) is 184 Å². The second kappa shape index (κ2) is 18.9. The Hall–Kier alpha value is -6.90. The van der Waals surface area contributed by atoms with Crippen LogP contribution in [0.2, 0.25) is 0 Å². The Bertz CT molecular complexity index is 2430. The van der Waals surface area contributed by atoms with Crippen LogP contribution in [0.1, 0.15) is 41.4 Å². The monoisotopic (exact) mass is 801 g/mol. The van der Waals surface area contributed by atoms with E-state index < -0.39 is 5.75 Å². The van der Waals surface area contributed by atoms with Gasteiger partial charge in [0.1, 0.15) is 53.9 Å². The summed E-state index contributed by atoms with van der Waals surface area (Å²) in [5.41, 5.74) is 1.63. The number of ether oxygens (including phenoxy) is 4. The van der Waals surface area contributed by atoms with Gasteiger partial charge in [0.05, 0.1) is 5.56 Å². The fourth-order valence-electron chi connectivity index (χ4n) is 5.00. The zero-order valence-electron chi connectivity index (χ0n) is 28.7. The van der Waals surface area contributed by atoms with Gasteiger partial charge in [-0.15, -0.1) is 0 Å². The number of nitrogens with zero attached hydrogens (tertiary/aromatic N) is 3. The molecule has 0 saturated carbocycles. The first-order valence-corrected chi connectivity index (χ1v) is 18.6. The molecule has 56 heavy (non-hydrogen) atoms. The van der Waals surface area contributed by atoms with E-state index >= 15 is 0 Å². The van der Waals surface area contributed by atoms with Crippen molar-refractivity contribution in [3.05, 3.63) is 144 Å². The molecule has 0 radical (unpaired) electrons. The van der Waals surface area contributed by atoms with Gasteiger partial charge in [-0.2, -0.15) is 13.5 Å². The lowest BCUT2D eigenvalue weighted by molar-refractivity contribution is 0.111. The van der Waals surface area contributed by atoms with Gasteiger partial charge >= 0.3 is 0 Å². The number of hydrogen-bond acceptors (Lipinski definition) is 13. The highest BCUT2D eigenvalue weighted by Crippen LogP contribution is 2.61. The van der Waals surface area contributed by atoms with Crippen LogP contribution in [-0.4, -0.2) is 48.9 Å². The molecule has 1 aromatic heterocycles. The lowest BCUT2D eigenvalue weighted by atomic mass is 10.00. The molecule has 6 aromatic carbocycles. The largest absolute Gasteiger partial charge is 0.507 e. The molecule has 7 rings (SSSR count). The zero-order chi connectivity index (χ0) is 39.3. The van der Waals surface area contributed by atoms with Crippen molar-refractivity contribution < 1.29 is 48.3 Å². The first kappa shape index (κ1) is 38.8. The quantitative estimate of drug-likeness (QED) is 0.105. The van der Waals surface area contributed by atoms with Crippen molar-refractivity contribution in [1.29, 1.82) is 0 Å². The van der Waals surface area contributed by atoms with Crippen LogP contribution in [0, 0.1) is 0 Å². The van der Waals surface area contributed by atoms with E-state index in [0.29, 0.717) is 47.4 Å². The van der Waals surface area contributed by atoms with E-state index in [9.17, 15) is 29.4 Å². The maximum absolute atomic E-state index is 12.1. The summed E-state index contributed by atoms with van der Waals surface area (Å²) >= 11 is 0. The molecule has 7 aromatic rings. The second-order valence-corrected chi connectivity index (χ2v) is 13.9. The third-order valence-electron chi connectivity index (χ3n) is 7.66. The predicted molar refractivity (Wildman–Crippen MR) is 210 cm³/mol. The van der Waals surface area contributed by atoms with Crippen molar-refractivity contribution in [3.8, 4) is 68.6 Å². The van der Waals surface area contributed by atoms with Crippen LogP contribution in [0.3, 0.4) is 0 Å². The fourth-order valence-corrected chi connectivity index (χ4v) is 6.82. The summed E-state index contributed by atoms with van der Waals surface area (Å²) in [4.78, 5) is 45.5. The van der Waals surface area contributed by atoms with Crippen molar-refractivity contribution in [2.24, 2.45) is 0 Å². The Morgan fingerprint density at radius 2 is 0.732 bits per heavy atom. The molecule has 13 nitrogen and oxygen atoms in total. The average Bonchev–Trinajstić information content (AvgIpc) is 3.26. The summed E-state index contributed by atoms with van der Waals surface area (Å²) in [6, 6.07) is 30.7. The van der Waals surface area contributed by atoms with E-state index in [1.807, 2.05) is 0 Å². The summed E-state index contributed by atoms with van der Waals surface area (Å²) in [7, 11) is 2.49. The van der Waals surface area contributed by atoms with E-state index in [1.54, 1.807) is 30.3 Å². The molecular formula is C40H26N3O10P3. The van der Waals surface area contributed by atoms with E-state index in [4.69, 9.17) is 18.9 Å². The van der Waals surface area contributed by atoms with Crippen molar-refractivity contribution >= 4 is 50.7 Å². The number of carbonyl (C=O) groups excluding carboxylic acids is 4. The molecule has 0 fully saturated rings. The number of carbonyl (C=O) groups is 4. The van der Waals surface area contributed by atoms with Crippen molar-refractivity contribution in [3.63, 3.8) is 0 Å². The highest BCUT2D eigenvalue weighted by Gasteiger charge is 2.33. The summed E-state index contributed by atoms with van der Waals surface area (Å²) in [6.07, 6.45) is 2.70. The second-order valence-electron chi connectivity index (χ2n) is 11.2. The third kappa shape index (κ3) is 9.60. The number of aldehydes is 4. The van der Waals surface area contributed by atoms with Gasteiger partial charge in [-0.1, -0.05) is 18.2 Å². The SMILES string of the molecule is O=Cc1ccc(Oc2c(O)c(-c3ccccc3O)c(Oc3ccc(C=O)cc3)c(Oc3ccc(C=O)cc3)c2Oc2ccc(C=O)cc2)cc1.n1pnpnp1. The Kier molecular flexibility index (Phi) is 13.1. The minimum Gasteiger partial charge on any atom is -0.507 e. The highest BCUT2D eigenvalue weighted by atomic mass is 31.1. The number of hydrogen-bond donors (Lipinski definition) is 2. The molecule has 2 N–H and O–H groups in total. The Balaban J connectivity index is 0.000000809. The van der Waals surface area contributed by atoms with Crippen LogP contribution >= 0.6 is 25.5 Å². The molecular weight excluding hydrogens is 775 g/mol. The van der Waals surface area contributed by atoms with Crippen molar-refractivity contribution in [2.75, 3.05) is 0 Å². The minimum absolute atomic E-state index is 0.0507. The first-order valence-electron chi connectivity index (χ1n) is 16.2. The van der Waals surface area contributed by atoms with Crippen molar-refractivity contribution in [2.45, 2.75) is 0 Å². The molecule has 16 heteroatoms. The maximum atomic E-state index is 12.1. The van der Waals surface area contributed by atoms with Gasteiger partial charge in [-0.05, 0) is 103 Å². The van der Waals surface area contributed by atoms with Crippen LogP contribution < -0.4 is 18.9 Å². The molecule has 1 heterocycles. The van der Waals surface area contributed by atoms with Crippen LogP contribution in [0.4, 0.5) is 0 Å². The standard InChI is InChI=1S/C40H26O10.N3P3/c41-21-25-5-13-29(14-6-25)47-37-35(33-3-1-2-4-34(33)45)36(46)38(48-30-15-7-26(22-42)8-16-30)40(50-32-19-11-28(24-44)12-20-32)39(37)49-31-17-9-27(23-43)10-18-31;1-4-2-6-3-5-1/h1-24,45-46H;. The molecule has 0 aliphatic rings. The van der Waals surface area contributed by atoms with Crippen LogP contribution in [0.25, 0.3) is 11.1 Å². The predicted octanol–water partition coefficient (Wildman–Crippen LogP) is 10.8. The molecule has 0 aliphatic carbocycles. The number of phenols is 2. The lowest BCUT2D eigenvalue weighted by Crippen LogP contribution is -2.01. The lowest BCUT2D eigenvalue weighted by Gasteiger charge is -2.24. The Morgan fingerprint density at radius 1 is 0.411 bits per heavy atom.